The number of likely N-dealkylation sites (tertiary alicyclic amines) is 1. The Bertz CT molecular complexity index is 3300. The van der Waals surface area contributed by atoms with Gasteiger partial charge in [-0.3, -0.25) is 24.3 Å². The van der Waals surface area contributed by atoms with Crippen LogP contribution >= 0.6 is 7.82 Å². The van der Waals surface area contributed by atoms with E-state index in [4.69, 9.17) is 23.7 Å². The Hall–Kier alpha value is -5.87. The van der Waals surface area contributed by atoms with Gasteiger partial charge in [-0.05, 0) is 138 Å². The predicted molar refractivity (Wildman–Crippen MR) is 284 cm³/mol. The number of pyridine rings is 1. The van der Waals surface area contributed by atoms with E-state index < -0.39 is 62.7 Å². The molecule has 5 N–H and O–H groups in total. The van der Waals surface area contributed by atoms with Crippen molar-refractivity contribution in [2.24, 2.45) is 5.41 Å². The van der Waals surface area contributed by atoms with Crippen LogP contribution in [0.4, 0.5) is 32.8 Å². The molecule has 7 heterocycles. The summed E-state index contributed by atoms with van der Waals surface area (Å²) in [6, 6.07) is 19.4. The van der Waals surface area contributed by atoms with Gasteiger partial charge in [0.15, 0.2) is 11.4 Å². The summed E-state index contributed by atoms with van der Waals surface area (Å²) in [5, 5.41) is 16.3. The minimum absolute atomic E-state index is 0.0286. The number of benzene rings is 3. The average molecular weight is 1100 g/mol. The van der Waals surface area contributed by atoms with E-state index in [0.29, 0.717) is 48.0 Å². The van der Waals surface area contributed by atoms with Gasteiger partial charge >= 0.3 is 7.82 Å². The number of phosphoric ester groups is 1. The van der Waals surface area contributed by atoms with Gasteiger partial charge in [-0.15, -0.1) is 0 Å². The molecule has 4 atom stereocenters. The molecule has 410 valence electrons. The highest BCUT2D eigenvalue weighted by atomic mass is 32.2. The van der Waals surface area contributed by atoms with E-state index >= 15 is 4.39 Å². The Morgan fingerprint density at radius 2 is 1.75 bits per heavy atom. The number of hydrogen-bond donors (Lipinski definition) is 5. The number of hydrogen-bond acceptors (Lipinski definition) is 15. The van der Waals surface area contributed by atoms with Crippen LogP contribution in [0, 0.1) is 22.5 Å². The number of aromatic amines is 1. The van der Waals surface area contributed by atoms with Gasteiger partial charge in [-0.2, -0.15) is 4.98 Å². The summed E-state index contributed by atoms with van der Waals surface area (Å²) in [6.45, 7) is 6.74. The van der Waals surface area contributed by atoms with Crippen molar-refractivity contribution in [3.63, 3.8) is 0 Å². The van der Waals surface area contributed by atoms with Crippen molar-refractivity contribution in [2.75, 3.05) is 54.6 Å². The number of H-pyrrole nitrogens is 1. The summed E-state index contributed by atoms with van der Waals surface area (Å²) in [5.74, 6) is -0.898. The molecule has 5 fully saturated rings. The standard InChI is InChI=1S/C54H64FN8O12PS/c1-33-7-3-4-8-38(33)40-9-5-6-21-61(40)36-29-53(30-36)18-22-60(23-19-53)35-10-11-39(42(26-35)62-41-13-24-72-31-46(41)74-51-44(62)25-34-12-20-56-49(34)58-51)50(64)59-77(70,71)37-27-43(63(65)66)48-45(28-37)73-32-47(57-48)54(55)16-14-52(2,15-17-54)75-76(67,68)69/h3-4,7-8,10-12,20,25-28,36,40-41,46-47,57H,5-6,9,13-19,21-24,29-32H2,1-2H3,(H,56,58)(H,59,64)(H2,67,68,69)/t40-,41-,46-,47-,52?,54?/m0/s1. The Kier molecular flexibility index (Phi) is 13.1. The quantitative estimate of drug-likeness (QED) is 0.0470. The molecule has 5 aliphatic heterocycles. The number of nitrogens with one attached hydrogen (secondary N) is 3. The topological polar surface area (TPSA) is 251 Å². The van der Waals surface area contributed by atoms with Gasteiger partial charge in [-0.25, -0.2) is 22.1 Å². The minimum atomic E-state index is -4.87. The van der Waals surface area contributed by atoms with E-state index in [1.807, 2.05) is 29.2 Å². The van der Waals surface area contributed by atoms with E-state index in [9.17, 15) is 37.7 Å². The summed E-state index contributed by atoms with van der Waals surface area (Å²) in [6.07, 6.45) is 9.28. The maximum Gasteiger partial charge on any atom is 0.470 e. The average Bonchev–Trinajstić information content (AvgIpc) is 3.94. The molecule has 0 radical (unpaired) electrons. The first-order valence-corrected chi connectivity index (χ1v) is 29.7. The summed E-state index contributed by atoms with van der Waals surface area (Å²) in [7, 11) is -9.72. The van der Waals surface area contributed by atoms with Gasteiger partial charge in [0.05, 0.1) is 45.4 Å². The van der Waals surface area contributed by atoms with Gasteiger partial charge in [0.1, 0.15) is 29.7 Å². The van der Waals surface area contributed by atoms with Gasteiger partial charge in [0.25, 0.3) is 21.6 Å². The SMILES string of the molecule is Cc1ccccc1[C@@H]1CCCCN1C1CC2(CCN(c3ccc(C(=O)NS(=O)(=O)c4cc5c(c([N+](=O)[O-])c4)N[C@H](C4(F)CCC(C)(OP(=O)(O)O)CC4)CO5)c(N4c5cc6cc[nH]c6nc5O[C@H]5COCC[C@@H]54)c3)CC2)C1. The third kappa shape index (κ3) is 9.81. The molecule has 2 saturated carbocycles. The molecule has 20 nitrogen and oxygen atoms in total. The van der Waals surface area contributed by atoms with Crippen molar-refractivity contribution in [2.45, 2.75) is 137 Å². The second-order valence-electron chi connectivity index (χ2n) is 22.6. The zero-order chi connectivity index (χ0) is 53.6. The zero-order valence-electron chi connectivity index (χ0n) is 43.0. The number of anilines is 4. The third-order valence-corrected chi connectivity index (χ3v) is 19.8. The predicted octanol–water partition coefficient (Wildman–Crippen LogP) is 8.89. The summed E-state index contributed by atoms with van der Waals surface area (Å²) >= 11 is 0. The van der Waals surface area contributed by atoms with Crippen molar-refractivity contribution >= 4 is 63.2 Å². The Morgan fingerprint density at radius 3 is 2.51 bits per heavy atom. The molecule has 77 heavy (non-hydrogen) atoms. The molecular formula is C54H64FN8O12PS. The molecule has 1 amide bonds. The molecule has 12 rings (SSSR count). The van der Waals surface area contributed by atoms with Crippen molar-refractivity contribution in [3.8, 4) is 11.6 Å². The lowest BCUT2D eigenvalue weighted by atomic mass is 9.59. The Balaban J connectivity index is 0.822. The Labute approximate surface area is 445 Å². The molecule has 0 unspecified atom stereocenters. The summed E-state index contributed by atoms with van der Waals surface area (Å²) in [4.78, 5) is 60.0. The van der Waals surface area contributed by atoms with Crippen LogP contribution in [0.3, 0.4) is 0 Å². The maximum absolute atomic E-state index is 16.6. The lowest BCUT2D eigenvalue weighted by molar-refractivity contribution is -0.384. The minimum Gasteiger partial charge on any atom is -0.489 e. The van der Waals surface area contributed by atoms with Crippen molar-refractivity contribution < 1.29 is 55.6 Å². The lowest BCUT2D eigenvalue weighted by Gasteiger charge is -2.57. The zero-order valence-corrected chi connectivity index (χ0v) is 44.7. The highest BCUT2D eigenvalue weighted by molar-refractivity contribution is 7.90. The van der Waals surface area contributed by atoms with Crippen LogP contribution in [0.2, 0.25) is 0 Å². The normalized spacial score (nSPS) is 27.5. The summed E-state index contributed by atoms with van der Waals surface area (Å²) in [5.41, 5.74) is 1.27. The second kappa shape index (κ2) is 19.5. The van der Waals surface area contributed by atoms with Crippen LogP contribution in [-0.2, 0) is 23.8 Å². The molecule has 7 aliphatic rings. The maximum atomic E-state index is 16.6. The molecule has 23 heteroatoms. The molecular weight excluding hydrogens is 1030 g/mol. The van der Waals surface area contributed by atoms with Crippen molar-refractivity contribution in [3.05, 3.63) is 99.7 Å². The van der Waals surface area contributed by atoms with E-state index in [2.05, 4.69) is 56.0 Å². The van der Waals surface area contributed by atoms with Gasteiger partial charge < -0.3 is 44.1 Å². The van der Waals surface area contributed by atoms with Crippen molar-refractivity contribution in [1.29, 1.82) is 0 Å². The number of carbonyl (C=O) groups excluding carboxylic acids is 1. The summed E-state index contributed by atoms with van der Waals surface area (Å²) < 4.78 is 82.5. The number of piperidine rings is 2. The van der Waals surface area contributed by atoms with Crippen LogP contribution in [0.5, 0.6) is 11.6 Å². The number of aromatic nitrogens is 2. The van der Waals surface area contributed by atoms with Crippen LogP contribution in [0.15, 0.2) is 77.8 Å². The first-order chi connectivity index (χ1) is 36.8. The molecule has 2 aromatic heterocycles. The molecule has 3 saturated heterocycles. The molecule has 0 bridgehead atoms. The highest BCUT2D eigenvalue weighted by Crippen LogP contribution is 2.55. The van der Waals surface area contributed by atoms with Gasteiger partial charge in [-0.1, -0.05) is 30.7 Å². The third-order valence-electron chi connectivity index (χ3n) is 17.8. The Morgan fingerprint density at radius 1 is 0.974 bits per heavy atom. The number of alkyl halides is 1. The fraction of sp³-hybridized carbons (Fsp3) is 0.519. The van der Waals surface area contributed by atoms with Crippen LogP contribution in [0.25, 0.3) is 11.0 Å². The number of fused-ring (bicyclic) bond motifs is 4. The van der Waals surface area contributed by atoms with Crippen LogP contribution in [0.1, 0.15) is 112 Å². The number of nitro benzene ring substituents is 1. The number of carbonyl (C=O) groups is 1. The molecule has 1 spiro atoms. The number of aryl methyl sites for hydroxylation is 1. The van der Waals surface area contributed by atoms with E-state index in [-0.39, 0.29) is 67.4 Å². The van der Waals surface area contributed by atoms with E-state index in [0.717, 1.165) is 68.5 Å². The van der Waals surface area contributed by atoms with Gasteiger partial charge in [0, 0.05) is 61.2 Å². The van der Waals surface area contributed by atoms with Crippen LogP contribution < -0.4 is 29.3 Å². The fourth-order valence-electron chi connectivity index (χ4n) is 13.5. The number of sulfonamides is 1. The van der Waals surface area contributed by atoms with E-state index in [1.165, 1.54) is 37.3 Å². The highest BCUT2D eigenvalue weighted by Gasteiger charge is 2.52. The molecule has 5 aromatic rings. The smallest absolute Gasteiger partial charge is 0.470 e. The monoisotopic (exact) mass is 1100 g/mol. The van der Waals surface area contributed by atoms with E-state index in [1.54, 1.807) is 12.3 Å². The first-order valence-electron chi connectivity index (χ1n) is 26.7. The van der Waals surface area contributed by atoms with Gasteiger partial charge in [0.2, 0.25) is 5.88 Å². The first kappa shape index (κ1) is 51.9. The lowest BCUT2D eigenvalue weighted by Crippen LogP contribution is -2.56. The molecule has 2 aliphatic carbocycles. The number of ether oxygens (including phenoxy) is 3. The number of phosphoric acid groups is 1. The number of amides is 1. The second-order valence-corrected chi connectivity index (χ2v) is 25.5. The van der Waals surface area contributed by atoms with Crippen LogP contribution in [-0.4, -0.2) is 119 Å². The fourth-order valence-corrected chi connectivity index (χ4v) is 15.3. The largest absolute Gasteiger partial charge is 0.489 e. The number of rotatable bonds is 11. The molecule has 3 aromatic carbocycles. The number of nitro groups is 1. The number of halogens is 1. The van der Waals surface area contributed by atoms with Crippen molar-refractivity contribution in [1.82, 2.24) is 19.6 Å². The number of nitrogens with zero attached hydrogens (tertiary/aromatic N) is 5.